The lowest BCUT2D eigenvalue weighted by Crippen LogP contribution is -2.61. The summed E-state index contributed by atoms with van der Waals surface area (Å²) in [5.74, 6) is 0. The fourth-order valence-electron chi connectivity index (χ4n) is 20.7. The number of aromatic nitrogens is 3. The van der Waals surface area contributed by atoms with Crippen molar-refractivity contribution in [3.8, 4) is 39.3 Å². The van der Waals surface area contributed by atoms with Gasteiger partial charge in [0.25, 0.3) is 6.71 Å². The third kappa shape index (κ3) is 13.0. The number of nitrogens with zero attached hydrogens (tertiary/aromatic N) is 5. The smallest absolute Gasteiger partial charge is 0.252 e. The van der Waals surface area contributed by atoms with Crippen molar-refractivity contribution in [1.29, 1.82) is 0 Å². The van der Waals surface area contributed by atoms with Gasteiger partial charge in [0.05, 0.1) is 66.8 Å². The lowest BCUT2D eigenvalue weighted by Gasteiger charge is -2.44. The van der Waals surface area contributed by atoms with Crippen LogP contribution in [-0.4, -0.2) is 20.4 Å². The monoisotopic (exact) mass is 1700 g/mol. The number of hydrogen-bond donors (Lipinski definition) is 0. The summed E-state index contributed by atoms with van der Waals surface area (Å²) in [7, 11) is 0. The van der Waals surface area contributed by atoms with Crippen LogP contribution >= 0.6 is 0 Å². The Morgan fingerprint density at radius 3 is 0.892 bits per heavy atom. The zero-order valence-electron chi connectivity index (χ0n) is 87.6. The summed E-state index contributed by atoms with van der Waals surface area (Å²) < 4.78 is 97.7. The first-order valence-corrected chi connectivity index (χ1v) is 46.3. The van der Waals surface area contributed by atoms with Gasteiger partial charge in [-0.05, 0) is 242 Å². The third-order valence-corrected chi connectivity index (χ3v) is 28.3. The Kier molecular flexibility index (Phi) is 16.0. The van der Waals surface area contributed by atoms with Crippen molar-refractivity contribution in [2.75, 3.05) is 9.80 Å². The Morgan fingerprint density at radius 1 is 0.223 bits per heavy atom. The van der Waals surface area contributed by atoms with Gasteiger partial charge >= 0.3 is 0 Å². The second-order valence-corrected chi connectivity index (χ2v) is 45.3. The topological polar surface area (TPSA) is 47.6 Å². The molecule has 2 aliphatic rings. The zero-order valence-corrected chi connectivity index (χ0v) is 79.6. The average Bonchev–Trinajstić information content (AvgIpc) is 1.53. The minimum Gasteiger partial charge on any atom is -0.452 e. The average molecular weight is 1710 g/mol. The first-order valence-electron chi connectivity index (χ1n) is 50.3. The second-order valence-electron chi connectivity index (χ2n) is 45.3. The van der Waals surface area contributed by atoms with E-state index in [2.05, 4.69) is 397 Å². The standard InChI is InChI=1S/C122H118BN5O2/c1-115(2,3)75-46-53-98-90(66-75)91-67-76(116(4,5)6)47-54-99(91)124(98)83-50-52-95-107(70-83)128(105-44-32-38-89-86-35-29-41-102(111(86)129-114(89)105)125-96-39-27-25-33-84(96)85-34-26-28-40-97(85)125)109-63-74(73-59-81(121(19,20)21)65-82(60-73)122(22,23)24)62-108-110(109)123(95)94-51-45-71(72-57-79(119(13,14)15)64-80(58-72)120(16,17)18)61-106(94)127(108)104-43-31-37-88-87-36-30-42-103(112(87)130-113(88)104)126-100-55-48-77(117(7,8)9)68-92(100)93-69-78(118(10,11)12)49-56-101(93)126/h25-70H,1-24H3/i25D,26D,27D,28D,33D,34D,39D,40D. The largest absolute Gasteiger partial charge is 0.452 e. The van der Waals surface area contributed by atoms with E-state index in [1.165, 1.54) is 55.3 Å². The van der Waals surface area contributed by atoms with Gasteiger partial charge in [-0.15, -0.1) is 0 Å². The molecule has 22 rings (SSSR count). The molecule has 0 spiro atoms. The van der Waals surface area contributed by atoms with Gasteiger partial charge in [-0.25, -0.2) is 0 Å². The van der Waals surface area contributed by atoms with Crippen LogP contribution in [0.1, 0.15) is 222 Å². The summed E-state index contributed by atoms with van der Waals surface area (Å²) in [6.07, 6.45) is 0. The quantitative estimate of drug-likeness (QED) is 0.149. The molecule has 20 aromatic rings. The predicted octanol–water partition coefficient (Wildman–Crippen LogP) is 32.6. The summed E-state index contributed by atoms with van der Waals surface area (Å²) in [5, 5.41) is 8.02. The van der Waals surface area contributed by atoms with E-state index < -0.39 is 55.1 Å². The molecule has 7 nitrogen and oxygen atoms in total. The molecule has 0 fully saturated rings. The van der Waals surface area contributed by atoms with Crippen LogP contribution < -0.4 is 26.2 Å². The van der Waals surface area contributed by atoms with Crippen LogP contribution in [0.15, 0.2) is 288 Å². The first-order chi connectivity index (χ1) is 64.8. The van der Waals surface area contributed by atoms with Crippen molar-refractivity contribution in [2.24, 2.45) is 0 Å². The van der Waals surface area contributed by atoms with Crippen LogP contribution in [0.3, 0.4) is 0 Å². The molecule has 8 heteroatoms. The molecule has 5 aromatic heterocycles. The summed E-state index contributed by atoms with van der Waals surface area (Å²) in [4.78, 5) is 4.99. The maximum Gasteiger partial charge on any atom is 0.252 e. The van der Waals surface area contributed by atoms with Gasteiger partial charge in [0.15, 0.2) is 22.3 Å². The molecular weight excluding hydrogens is 1580 g/mol. The highest BCUT2D eigenvalue weighted by Gasteiger charge is 2.46. The van der Waals surface area contributed by atoms with E-state index >= 15 is 0 Å². The SMILES string of the molecule is [2H]c1c([2H])c([2H])c2c(c1[2H])c1c([2H])c([2H])c([2H])c([2H])c1n2-c1cccc2c1oc1c(N3c4cc(-n5c6ccc(C(C)(C)C)cc6c6cc(C(C)(C)C)ccc65)ccc4B4c5ccc(-c6cc(C(C)(C)C)cc(C(C)(C)C)c6)cc5N(c5cccc6c5oc5c(-n7c8ccc(C(C)(C)C)cc8c8cc(C(C)(C)C)ccc87)cccc56)c5cc(-c6cc(C(C)(C)C)cc(C(C)(C)C)c6)cc3c54)cccc12. The van der Waals surface area contributed by atoms with Crippen LogP contribution in [0.2, 0.25) is 0 Å². The maximum atomic E-state index is 9.79. The van der Waals surface area contributed by atoms with Gasteiger partial charge in [-0.1, -0.05) is 330 Å². The normalized spacial score (nSPS) is 14.7. The van der Waals surface area contributed by atoms with Crippen molar-refractivity contribution in [3.05, 3.63) is 323 Å². The molecule has 0 unspecified atom stereocenters. The van der Waals surface area contributed by atoms with Gasteiger partial charge in [0.2, 0.25) is 0 Å². The lowest BCUT2D eigenvalue weighted by molar-refractivity contribution is 0.568. The highest BCUT2D eigenvalue weighted by molar-refractivity contribution is 7.00. The Morgan fingerprint density at radius 2 is 0.523 bits per heavy atom. The van der Waals surface area contributed by atoms with Crippen molar-refractivity contribution in [3.63, 3.8) is 0 Å². The van der Waals surface area contributed by atoms with Crippen molar-refractivity contribution in [2.45, 2.75) is 209 Å². The predicted molar refractivity (Wildman–Crippen MR) is 559 cm³/mol. The number of rotatable bonds is 7. The molecule has 646 valence electrons. The molecular formula is C122H118BN5O2. The molecule has 2 aliphatic heterocycles. The van der Waals surface area contributed by atoms with Gasteiger partial charge < -0.3 is 32.3 Å². The van der Waals surface area contributed by atoms with Crippen molar-refractivity contribution in [1.82, 2.24) is 13.7 Å². The van der Waals surface area contributed by atoms with E-state index in [4.69, 9.17) is 11.6 Å². The number of fused-ring (bicyclic) bond motifs is 19. The van der Waals surface area contributed by atoms with Gasteiger partial charge in [0.1, 0.15) is 0 Å². The van der Waals surface area contributed by atoms with E-state index in [-0.39, 0.29) is 65.1 Å². The molecule has 0 saturated heterocycles. The number of para-hydroxylation sites is 6. The Bertz CT molecular complexity index is 8450. The second kappa shape index (κ2) is 28.2. The molecule has 7 heterocycles. The highest BCUT2D eigenvalue weighted by Crippen LogP contribution is 2.55. The summed E-state index contributed by atoms with van der Waals surface area (Å²) in [6, 6.07) is 83.6. The van der Waals surface area contributed by atoms with Crippen LogP contribution in [0.25, 0.3) is 149 Å². The van der Waals surface area contributed by atoms with Gasteiger partial charge in [-0.3, -0.25) is 0 Å². The molecule has 130 heavy (non-hydrogen) atoms. The minimum absolute atomic E-state index is 0.000908. The van der Waals surface area contributed by atoms with E-state index in [0.717, 1.165) is 139 Å². The van der Waals surface area contributed by atoms with Crippen LogP contribution in [0.5, 0.6) is 0 Å². The lowest BCUT2D eigenvalue weighted by atomic mass is 9.33. The highest BCUT2D eigenvalue weighted by atomic mass is 16.3. The summed E-state index contributed by atoms with van der Waals surface area (Å²) >= 11 is 0. The summed E-state index contributed by atoms with van der Waals surface area (Å²) in [5.41, 5.74) is 29.9. The Hall–Kier alpha value is -13.0. The van der Waals surface area contributed by atoms with Gasteiger partial charge in [-0.2, -0.15) is 0 Å². The molecule has 0 N–H and O–H groups in total. The first kappa shape index (κ1) is 73.8. The van der Waals surface area contributed by atoms with Crippen molar-refractivity contribution >= 4 is 167 Å². The number of anilines is 6. The molecule has 15 aromatic carbocycles. The van der Waals surface area contributed by atoms with E-state index in [0.29, 0.717) is 27.9 Å². The number of furan rings is 2. The molecule has 0 aliphatic carbocycles. The minimum atomic E-state index is -0.516. The van der Waals surface area contributed by atoms with E-state index in [1.54, 1.807) is 4.57 Å². The summed E-state index contributed by atoms with van der Waals surface area (Å²) in [6.45, 7) is 54.8. The third-order valence-electron chi connectivity index (χ3n) is 28.3. The molecule has 0 atom stereocenters. The zero-order chi connectivity index (χ0) is 97.8. The number of benzene rings is 15. The van der Waals surface area contributed by atoms with Crippen LogP contribution in [0.4, 0.5) is 34.1 Å². The molecule has 0 bridgehead atoms. The fourth-order valence-corrected chi connectivity index (χ4v) is 20.7. The van der Waals surface area contributed by atoms with E-state index in [9.17, 15) is 8.22 Å². The Balaban J connectivity index is 0.893. The van der Waals surface area contributed by atoms with Crippen LogP contribution in [0, 0.1) is 0 Å². The van der Waals surface area contributed by atoms with Gasteiger partial charge in [0, 0.05) is 82.3 Å². The number of hydrogen-bond acceptors (Lipinski definition) is 4. The van der Waals surface area contributed by atoms with Crippen LogP contribution in [-0.2, 0) is 43.3 Å². The Labute approximate surface area is 777 Å². The van der Waals surface area contributed by atoms with Crippen molar-refractivity contribution < 1.29 is 19.8 Å². The molecule has 0 amide bonds. The van der Waals surface area contributed by atoms with E-state index in [1.807, 2.05) is 18.2 Å². The molecule has 0 saturated carbocycles. The molecule has 0 radical (unpaired) electrons. The fraction of sp³-hybridized carbons (Fsp3) is 0.262. The maximum absolute atomic E-state index is 9.79.